The molecule has 1 heterocycles. The smallest absolute Gasteiger partial charge is 0.353 e. The lowest BCUT2D eigenvalue weighted by molar-refractivity contribution is 0.0739. The van der Waals surface area contributed by atoms with Gasteiger partial charge in [-0.1, -0.05) is 29.3 Å². The Hall–Kier alpha value is -0.550. The molecule has 0 aliphatic heterocycles. The highest BCUT2D eigenvalue weighted by Crippen LogP contribution is 2.36. The third-order valence-corrected chi connectivity index (χ3v) is 3.82. The van der Waals surface area contributed by atoms with E-state index in [-0.39, 0.29) is 10.8 Å². The van der Waals surface area contributed by atoms with Gasteiger partial charge in [0.25, 0.3) is 0 Å². The summed E-state index contributed by atoms with van der Waals surface area (Å²) in [7, 11) is 0. The first-order valence-corrected chi connectivity index (χ1v) is 6.91. The van der Waals surface area contributed by atoms with Crippen molar-refractivity contribution >= 4 is 56.4 Å². The van der Waals surface area contributed by atoms with E-state index >= 15 is 0 Å². The summed E-state index contributed by atoms with van der Waals surface area (Å²) in [6.45, 7) is 0. The summed E-state index contributed by atoms with van der Waals surface area (Å²) in [6, 6.07) is 6.60. The molecule has 0 aliphatic rings. The molecule has 1 aromatic heterocycles. The molecule has 2 nitrogen and oxygen atoms in total. The molecule has 0 fully saturated rings. The molecule has 0 aliphatic carbocycles. The van der Waals surface area contributed by atoms with Crippen LogP contribution in [0.5, 0.6) is 5.75 Å². The van der Waals surface area contributed by atoms with Gasteiger partial charge in [0.2, 0.25) is 0 Å². The summed E-state index contributed by atoms with van der Waals surface area (Å²) >= 11 is 16.3. The molecule has 0 saturated carbocycles. The summed E-state index contributed by atoms with van der Waals surface area (Å²) in [5.41, 5.74) is 0. The van der Waals surface area contributed by atoms with Gasteiger partial charge in [-0.05, 0) is 39.5 Å². The third kappa shape index (κ3) is 3.01. The molecule has 0 saturated heterocycles. The highest BCUT2D eigenvalue weighted by atomic mass is 79.9. The molecule has 0 bridgehead atoms. The van der Waals surface area contributed by atoms with Crippen molar-refractivity contribution in [3.8, 4) is 5.75 Å². The van der Waals surface area contributed by atoms with Gasteiger partial charge >= 0.3 is 5.97 Å². The quantitative estimate of drug-likeness (QED) is 0.559. The number of hydrogen-bond donors (Lipinski definition) is 0. The van der Waals surface area contributed by atoms with E-state index in [0.717, 1.165) is 0 Å². The van der Waals surface area contributed by atoms with Crippen LogP contribution in [0.15, 0.2) is 34.1 Å². The second kappa shape index (κ2) is 5.40. The zero-order chi connectivity index (χ0) is 12.4. The van der Waals surface area contributed by atoms with Gasteiger partial charge in [0.15, 0.2) is 5.75 Å². The topological polar surface area (TPSA) is 26.3 Å². The SMILES string of the molecule is O=C(Oc1c(Cl)cc(Cl)cc1Br)c1cccs1. The Labute approximate surface area is 120 Å². The third-order valence-electron chi connectivity index (χ3n) is 1.88. The number of hydrogen-bond acceptors (Lipinski definition) is 3. The van der Waals surface area contributed by atoms with Crippen molar-refractivity contribution in [3.05, 3.63) is 49.0 Å². The fraction of sp³-hybridized carbons (Fsp3) is 0. The number of halogens is 3. The largest absolute Gasteiger partial charge is 0.420 e. The maximum atomic E-state index is 11.7. The van der Waals surface area contributed by atoms with E-state index in [0.29, 0.717) is 14.4 Å². The predicted molar refractivity (Wildman–Crippen MR) is 73.4 cm³/mol. The maximum absolute atomic E-state index is 11.7. The molecular formula is C11H5BrCl2O2S. The van der Waals surface area contributed by atoms with Gasteiger partial charge in [0.1, 0.15) is 4.88 Å². The summed E-state index contributed by atoms with van der Waals surface area (Å²) in [5.74, 6) is -0.167. The van der Waals surface area contributed by atoms with E-state index in [9.17, 15) is 4.79 Å². The lowest BCUT2D eigenvalue weighted by Gasteiger charge is -2.07. The summed E-state index contributed by atoms with van der Waals surface area (Å²) in [5, 5.41) is 2.56. The molecule has 17 heavy (non-hydrogen) atoms. The zero-order valence-corrected chi connectivity index (χ0v) is 12.2. The number of rotatable bonds is 2. The van der Waals surface area contributed by atoms with Gasteiger partial charge in [0, 0.05) is 5.02 Å². The van der Waals surface area contributed by atoms with Gasteiger partial charge in [0.05, 0.1) is 9.50 Å². The van der Waals surface area contributed by atoms with Crippen LogP contribution in [0, 0.1) is 0 Å². The van der Waals surface area contributed by atoms with E-state index in [2.05, 4.69) is 15.9 Å². The van der Waals surface area contributed by atoms with E-state index in [1.807, 2.05) is 0 Å². The number of esters is 1. The summed E-state index contributed by atoms with van der Waals surface area (Å²) in [6.07, 6.45) is 0. The lowest BCUT2D eigenvalue weighted by atomic mass is 10.3. The van der Waals surface area contributed by atoms with E-state index in [4.69, 9.17) is 27.9 Å². The summed E-state index contributed by atoms with van der Waals surface area (Å²) in [4.78, 5) is 12.3. The minimum Gasteiger partial charge on any atom is -0.420 e. The molecule has 0 unspecified atom stereocenters. The maximum Gasteiger partial charge on any atom is 0.353 e. The molecule has 0 spiro atoms. The van der Waals surface area contributed by atoms with Crippen molar-refractivity contribution < 1.29 is 9.53 Å². The van der Waals surface area contributed by atoms with Crippen LogP contribution in [0.1, 0.15) is 9.67 Å². The number of ether oxygens (including phenoxy) is 1. The van der Waals surface area contributed by atoms with Crippen LogP contribution in [0.25, 0.3) is 0 Å². The first-order chi connectivity index (χ1) is 8.08. The molecule has 1 aromatic carbocycles. The molecular weight excluding hydrogens is 347 g/mol. The van der Waals surface area contributed by atoms with Crippen molar-refractivity contribution in [3.63, 3.8) is 0 Å². The Kier molecular flexibility index (Phi) is 4.09. The Morgan fingerprint density at radius 2 is 2.12 bits per heavy atom. The Balaban J connectivity index is 2.28. The van der Waals surface area contributed by atoms with Gasteiger partial charge < -0.3 is 4.74 Å². The van der Waals surface area contributed by atoms with Crippen LogP contribution in [-0.2, 0) is 0 Å². The molecule has 2 rings (SSSR count). The van der Waals surface area contributed by atoms with Crippen LogP contribution < -0.4 is 4.74 Å². The molecule has 88 valence electrons. The number of carbonyl (C=O) groups excluding carboxylic acids is 1. The Bertz CT molecular complexity index is 532. The van der Waals surface area contributed by atoms with Crippen LogP contribution in [0.3, 0.4) is 0 Å². The van der Waals surface area contributed by atoms with Gasteiger partial charge in [-0.3, -0.25) is 0 Å². The molecule has 0 amide bonds. The molecule has 2 aromatic rings. The van der Waals surface area contributed by atoms with Crippen LogP contribution >= 0.6 is 50.5 Å². The fourth-order valence-electron chi connectivity index (χ4n) is 1.16. The van der Waals surface area contributed by atoms with Gasteiger partial charge in [-0.15, -0.1) is 11.3 Å². The molecule has 0 radical (unpaired) electrons. The highest BCUT2D eigenvalue weighted by Gasteiger charge is 2.15. The average Bonchev–Trinajstić information content (AvgIpc) is 2.76. The van der Waals surface area contributed by atoms with E-state index in [1.54, 1.807) is 23.6 Å². The van der Waals surface area contributed by atoms with Crippen molar-refractivity contribution in [2.24, 2.45) is 0 Å². The van der Waals surface area contributed by atoms with Crippen molar-refractivity contribution in [1.82, 2.24) is 0 Å². The van der Waals surface area contributed by atoms with Crippen LogP contribution in [-0.4, -0.2) is 5.97 Å². The standard InChI is InChI=1S/C11H5BrCl2O2S/c12-7-4-6(13)5-8(14)10(7)16-11(15)9-2-1-3-17-9/h1-5H. The minimum atomic E-state index is -0.440. The summed E-state index contributed by atoms with van der Waals surface area (Å²) < 4.78 is 5.75. The Morgan fingerprint density at radius 1 is 1.35 bits per heavy atom. The number of benzene rings is 1. The van der Waals surface area contributed by atoms with E-state index in [1.165, 1.54) is 17.4 Å². The predicted octanol–water partition coefficient (Wildman–Crippen LogP) is 5.04. The second-order valence-corrected chi connectivity index (χ2v) is 5.71. The molecule has 0 N–H and O–H groups in total. The molecule has 6 heteroatoms. The number of carbonyl (C=O) groups is 1. The number of thiophene rings is 1. The highest BCUT2D eigenvalue weighted by molar-refractivity contribution is 9.10. The fourth-order valence-corrected chi connectivity index (χ4v) is 3.08. The monoisotopic (exact) mass is 350 g/mol. The van der Waals surface area contributed by atoms with E-state index < -0.39 is 5.97 Å². The van der Waals surface area contributed by atoms with Crippen molar-refractivity contribution in [1.29, 1.82) is 0 Å². The zero-order valence-electron chi connectivity index (χ0n) is 8.25. The first-order valence-electron chi connectivity index (χ1n) is 4.48. The first kappa shape index (κ1) is 12.9. The van der Waals surface area contributed by atoms with Crippen LogP contribution in [0.4, 0.5) is 0 Å². The van der Waals surface area contributed by atoms with Gasteiger partial charge in [-0.25, -0.2) is 4.79 Å². The lowest BCUT2D eigenvalue weighted by Crippen LogP contribution is -2.07. The van der Waals surface area contributed by atoms with Gasteiger partial charge in [-0.2, -0.15) is 0 Å². The Morgan fingerprint density at radius 3 is 2.71 bits per heavy atom. The second-order valence-electron chi connectivity index (χ2n) is 3.07. The van der Waals surface area contributed by atoms with Crippen LogP contribution in [0.2, 0.25) is 10.0 Å². The van der Waals surface area contributed by atoms with Crippen molar-refractivity contribution in [2.75, 3.05) is 0 Å². The normalized spacial score (nSPS) is 10.3. The average molecular weight is 352 g/mol. The minimum absolute atomic E-state index is 0.273. The van der Waals surface area contributed by atoms with Crippen molar-refractivity contribution in [2.45, 2.75) is 0 Å². The molecule has 0 atom stereocenters.